The van der Waals surface area contributed by atoms with E-state index in [-0.39, 0.29) is 11.9 Å². The predicted octanol–water partition coefficient (Wildman–Crippen LogP) is 0.782. The summed E-state index contributed by atoms with van der Waals surface area (Å²) in [5.41, 5.74) is 0. The van der Waals surface area contributed by atoms with E-state index in [0.29, 0.717) is 25.9 Å². The van der Waals surface area contributed by atoms with Crippen LogP contribution in [0.4, 0.5) is 0 Å². The van der Waals surface area contributed by atoms with E-state index in [1.165, 1.54) is 0 Å². The van der Waals surface area contributed by atoms with Gasteiger partial charge >= 0.3 is 5.97 Å². The third-order valence-electron chi connectivity index (χ3n) is 2.93. The van der Waals surface area contributed by atoms with Crippen molar-refractivity contribution < 1.29 is 19.4 Å². The highest BCUT2D eigenvalue weighted by Crippen LogP contribution is 2.25. The molecule has 5 heteroatoms. The van der Waals surface area contributed by atoms with Crippen LogP contribution >= 0.6 is 0 Å². The molecule has 16 heavy (non-hydrogen) atoms. The second-order valence-corrected chi connectivity index (χ2v) is 4.15. The third kappa shape index (κ3) is 3.81. The molecule has 0 unspecified atom stereocenters. The van der Waals surface area contributed by atoms with E-state index in [1.54, 1.807) is 7.11 Å². The van der Waals surface area contributed by atoms with Crippen LogP contribution in [0.5, 0.6) is 0 Å². The number of amides is 1. The standard InChI is InChI=1S/C11H19NO4/c1-16-7-3-6-10(13)12-9-5-2-4-8(9)11(14)15/h8-9H,2-7H2,1H3,(H,12,13)(H,14,15)/t8-,9+/m0/s1. The number of aliphatic carboxylic acids is 1. The molecule has 0 aromatic carbocycles. The van der Waals surface area contributed by atoms with Crippen molar-refractivity contribution in [3.05, 3.63) is 0 Å². The van der Waals surface area contributed by atoms with Crippen LogP contribution in [0.1, 0.15) is 32.1 Å². The first kappa shape index (κ1) is 13.0. The molecule has 2 N–H and O–H groups in total. The zero-order valence-electron chi connectivity index (χ0n) is 9.57. The monoisotopic (exact) mass is 229 g/mol. The second kappa shape index (κ2) is 6.48. The summed E-state index contributed by atoms with van der Waals surface area (Å²) < 4.78 is 4.85. The van der Waals surface area contributed by atoms with Crippen LogP contribution < -0.4 is 5.32 Å². The van der Waals surface area contributed by atoms with Crippen molar-refractivity contribution in [2.24, 2.45) is 5.92 Å². The molecular weight excluding hydrogens is 210 g/mol. The van der Waals surface area contributed by atoms with Gasteiger partial charge in [0.25, 0.3) is 0 Å². The number of carbonyl (C=O) groups is 2. The number of carbonyl (C=O) groups excluding carboxylic acids is 1. The van der Waals surface area contributed by atoms with Crippen LogP contribution in [0.2, 0.25) is 0 Å². The van der Waals surface area contributed by atoms with Crippen molar-refractivity contribution in [1.82, 2.24) is 5.32 Å². The van der Waals surface area contributed by atoms with Gasteiger partial charge in [0.05, 0.1) is 5.92 Å². The van der Waals surface area contributed by atoms with Gasteiger partial charge in [-0.25, -0.2) is 0 Å². The largest absolute Gasteiger partial charge is 0.481 e. The maximum Gasteiger partial charge on any atom is 0.308 e. The predicted molar refractivity (Wildman–Crippen MR) is 58.0 cm³/mol. The van der Waals surface area contributed by atoms with E-state index in [2.05, 4.69) is 5.32 Å². The zero-order valence-corrected chi connectivity index (χ0v) is 9.57. The van der Waals surface area contributed by atoms with Gasteiger partial charge in [0, 0.05) is 26.2 Å². The number of nitrogens with one attached hydrogen (secondary N) is 1. The molecule has 1 amide bonds. The van der Waals surface area contributed by atoms with Crippen LogP contribution in [0.3, 0.4) is 0 Å². The minimum atomic E-state index is -0.806. The highest BCUT2D eigenvalue weighted by Gasteiger charge is 2.33. The van der Waals surface area contributed by atoms with Crippen molar-refractivity contribution in [2.75, 3.05) is 13.7 Å². The van der Waals surface area contributed by atoms with Crippen LogP contribution in [0.15, 0.2) is 0 Å². The number of carboxylic acid groups (broad SMARTS) is 1. The summed E-state index contributed by atoms with van der Waals surface area (Å²) in [6.07, 6.45) is 3.38. The molecule has 0 radical (unpaired) electrons. The highest BCUT2D eigenvalue weighted by atomic mass is 16.5. The summed E-state index contributed by atoms with van der Waals surface area (Å²) in [5, 5.41) is 11.7. The lowest BCUT2D eigenvalue weighted by atomic mass is 10.0. The Morgan fingerprint density at radius 2 is 2.19 bits per heavy atom. The number of methoxy groups -OCH3 is 1. The summed E-state index contributed by atoms with van der Waals surface area (Å²) >= 11 is 0. The minimum Gasteiger partial charge on any atom is -0.481 e. The average Bonchev–Trinajstić information content (AvgIpc) is 2.66. The van der Waals surface area contributed by atoms with E-state index in [1.807, 2.05) is 0 Å². The molecule has 0 aliphatic heterocycles. The summed E-state index contributed by atoms with van der Waals surface area (Å²) in [7, 11) is 1.59. The van der Waals surface area contributed by atoms with Gasteiger partial charge in [-0.2, -0.15) is 0 Å². The Morgan fingerprint density at radius 1 is 1.44 bits per heavy atom. The molecule has 0 aromatic rings. The van der Waals surface area contributed by atoms with Crippen molar-refractivity contribution in [2.45, 2.75) is 38.1 Å². The lowest BCUT2D eigenvalue weighted by Gasteiger charge is -2.17. The normalized spacial score (nSPS) is 24.3. The summed E-state index contributed by atoms with van der Waals surface area (Å²) in [6, 6.07) is -0.187. The van der Waals surface area contributed by atoms with E-state index in [9.17, 15) is 9.59 Å². The molecule has 0 bridgehead atoms. The molecule has 0 heterocycles. The van der Waals surface area contributed by atoms with E-state index < -0.39 is 11.9 Å². The molecule has 1 aliphatic carbocycles. The Labute approximate surface area is 95.2 Å². The lowest BCUT2D eigenvalue weighted by molar-refractivity contribution is -0.142. The molecule has 1 aliphatic rings. The minimum absolute atomic E-state index is 0.0739. The molecule has 0 spiro atoms. The molecule has 92 valence electrons. The van der Waals surface area contributed by atoms with Gasteiger partial charge in [0.1, 0.15) is 0 Å². The fourth-order valence-corrected chi connectivity index (χ4v) is 2.08. The quantitative estimate of drug-likeness (QED) is 0.660. The number of hydrogen-bond donors (Lipinski definition) is 2. The average molecular weight is 229 g/mol. The molecule has 0 aromatic heterocycles. The highest BCUT2D eigenvalue weighted by molar-refractivity contribution is 5.78. The van der Waals surface area contributed by atoms with Crippen LogP contribution in [0, 0.1) is 5.92 Å². The maximum absolute atomic E-state index is 11.5. The summed E-state index contributed by atoms with van der Waals surface area (Å²) in [5.74, 6) is -1.29. The molecule has 1 fully saturated rings. The van der Waals surface area contributed by atoms with Crippen molar-refractivity contribution in [3.8, 4) is 0 Å². The van der Waals surface area contributed by atoms with Gasteiger partial charge in [-0.15, -0.1) is 0 Å². The molecule has 1 rings (SSSR count). The van der Waals surface area contributed by atoms with Crippen LogP contribution in [-0.4, -0.2) is 36.7 Å². The van der Waals surface area contributed by atoms with Gasteiger partial charge < -0.3 is 15.2 Å². The Morgan fingerprint density at radius 3 is 2.81 bits per heavy atom. The zero-order chi connectivity index (χ0) is 12.0. The number of rotatable bonds is 6. The Hall–Kier alpha value is -1.10. The van der Waals surface area contributed by atoms with Crippen molar-refractivity contribution >= 4 is 11.9 Å². The topological polar surface area (TPSA) is 75.6 Å². The van der Waals surface area contributed by atoms with Crippen LogP contribution in [0.25, 0.3) is 0 Å². The number of hydrogen-bond acceptors (Lipinski definition) is 3. The third-order valence-corrected chi connectivity index (χ3v) is 2.93. The van der Waals surface area contributed by atoms with Gasteiger partial charge in [-0.3, -0.25) is 9.59 Å². The van der Waals surface area contributed by atoms with E-state index >= 15 is 0 Å². The second-order valence-electron chi connectivity index (χ2n) is 4.15. The fraction of sp³-hybridized carbons (Fsp3) is 0.818. The molecule has 1 saturated carbocycles. The fourth-order valence-electron chi connectivity index (χ4n) is 2.08. The van der Waals surface area contributed by atoms with Gasteiger partial charge in [0.2, 0.25) is 5.91 Å². The van der Waals surface area contributed by atoms with Crippen molar-refractivity contribution in [3.63, 3.8) is 0 Å². The Balaban J connectivity index is 2.30. The Kier molecular flexibility index (Phi) is 5.25. The van der Waals surface area contributed by atoms with Gasteiger partial charge in [-0.05, 0) is 19.3 Å². The first-order valence-electron chi connectivity index (χ1n) is 5.66. The molecule has 5 nitrogen and oxygen atoms in total. The van der Waals surface area contributed by atoms with Crippen LogP contribution in [-0.2, 0) is 14.3 Å². The number of ether oxygens (including phenoxy) is 1. The number of carboxylic acids is 1. The SMILES string of the molecule is COCCCC(=O)N[C@@H]1CCC[C@@H]1C(=O)O. The lowest BCUT2D eigenvalue weighted by Crippen LogP contribution is -2.40. The van der Waals surface area contributed by atoms with E-state index in [0.717, 1.165) is 12.8 Å². The summed E-state index contributed by atoms with van der Waals surface area (Å²) in [4.78, 5) is 22.4. The smallest absolute Gasteiger partial charge is 0.308 e. The van der Waals surface area contributed by atoms with E-state index in [4.69, 9.17) is 9.84 Å². The molecular formula is C11H19NO4. The summed E-state index contributed by atoms with van der Waals surface area (Å²) in [6.45, 7) is 0.556. The van der Waals surface area contributed by atoms with Gasteiger partial charge in [-0.1, -0.05) is 6.42 Å². The van der Waals surface area contributed by atoms with Crippen molar-refractivity contribution in [1.29, 1.82) is 0 Å². The first-order chi connectivity index (χ1) is 7.65. The molecule has 0 saturated heterocycles. The maximum atomic E-state index is 11.5. The van der Waals surface area contributed by atoms with Gasteiger partial charge in [0.15, 0.2) is 0 Å². The molecule has 2 atom stereocenters. The Bertz CT molecular complexity index is 254. The first-order valence-corrected chi connectivity index (χ1v) is 5.66.